The number of benzene rings is 2. The van der Waals surface area contributed by atoms with Crippen LogP contribution in [0.5, 0.6) is 0 Å². The first-order chi connectivity index (χ1) is 14.5. The van der Waals surface area contributed by atoms with Crippen LogP contribution in [0.15, 0.2) is 51.9 Å². The van der Waals surface area contributed by atoms with Crippen molar-refractivity contribution in [2.75, 3.05) is 13.1 Å². The Balaban J connectivity index is 1.28. The maximum atomic E-state index is 13.1. The molecule has 0 radical (unpaired) electrons. The van der Waals surface area contributed by atoms with Gasteiger partial charge >= 0.3 is 0 Å². The average Bonchev–Trinajstić information content (AvgIpc) is 3.43. The molecule has 6 nitrogen and oxygen atoms in total. The minimum atomic E-state index is -3.47. The first-order valence-corrected chi connectivity index (χ1v) is 12.0. The lowest BCUT2D eigenvalue weighted by Crippen LogP contribution is -2.38. The Kier molecular flexibility index (Phi) is 5.13. The molecule has 0 N–H and O–H groups in total. The molecule has 0 atom stereocenters. The van der Waals surface area contributed by atoms with Gasteiger partial charge in [0.2, 0.25) is 10.0 Å². The average molecular weight is 444 g/mol. The van der Waals surface area contributed by atoms with Crippen LogP contribution in [0.1, 0.15) is 42.1 Å². The number of aromatic nitrogens is 2. The van der Waals surface area contributed by atoms with Crippen LogP contribution < -0.4 is 0 Å². The van der Waals surface area contributed by atoms with Crippen molar-refractivity contribution in [2.24, 2.45) is 0 Å². The molecule has 2 aliphatic rings. The molecule has 156 valence electrons. The number of sulfonamides is 1. The summed E-state index contributed by atoms with van der Waals surface area (Å²) >= 11 is 5.93. The quantitative estimate of drug-likeness (QED) is 0.595. The number of hydrogen-bond donors (Lipinski definition) is 0. The molecule has 1 aliphatic carbocycles. The lowest BCUT2D eigenvalue weighted by molar-refractivity contribution is 0.307. The fraction of sp³-hybridized carbons (Fsp3) is 0.364. The van der Waals surface area contributed by atoms with Crippen molar-refractivity contribution in [3.63, 3.8) is 0 Å². The molecule has 3 aromatic rings. The van der Waals surface area contributed by atoms with Crippen molar-refractivity contribution in [3.8, 4) is 11.5 Å². The standard InChI is InChI=1S/C22H22ClN3O3S/c23-19-7-4-17(5-8-19)22-24-21(25-29-22)16-10-12-26(13-11-16)30(27,28)20-9-6-15-2-1-3-18(15)14-20/h4-9,14,16H,1-3,10-13H2. The molecule has 5 rings (SSSR count). The van der Waals surface area contributed by atoms with Crippen molar-refractivity contribution < 1.29 is 12.9 Å². The van der Waals surface area contributed by atoms with Crippen LogP contribution in [0, 0.1) is 0 Å². The van der Waals surface area contributed by atoms with Gasteiger partial charge in [0, 0.05) is 29.6 Å². The summed E-state index contributed by atoms with van der Waals surface area (Å²) in [6.45, 7) is 0.907. The van der Waals surface area contributed by atoms with E-state index < -0.39 is 10.0 Å². The third-order valence-corrected chi connectivity index (χ3v) is 8.21. The Morgan fingerprint density at radius 2 is 1.73 bits per heavy atom. The number of rotatable bonds is 4. The minimum Gasteiger partial charge on any atom is -0.334 e. The number of fused-ring (bicyclic) bond motifs is 1. The van der Waals surface area contributed by atoms with Crippen LogP contribution >= 0.6 is 11.6 Å². The van der Waals surface area contributed by atoms with Crippen LogP contribution in [0.2, 0.25) is 5.02 Å². The maximum absolute atomic E-state index is 13.1. The Hall–Kier alpha value is -2.22. The highest BCUT2D eigenvalue weighted by molar-refractivity contribution is 7.89. The van der Waals surface area contributed by atoms with Gasteiger partial charge < -0.3 is 4.52 Å². The van der Waals surface area contributed by atoms with Crippen molar-refractivity contribution >= 4 is 21.6 Å². The second-order valence-electron chi connectivity index (χ2n) is 7.93. The van der Waals surface area contributed by atoms with Gasteiger partial charge in [0.15, 0.2) is 5.82 Å². The second-order valence-corrected chi connectivity index (χ2v) is 10.3. The molecular weight excluding hydrogens is 422 g/mol. The van der Waals surface area contributed by atoms with Gasteiger partial charge in [-0.1, -0.05) is 22.8 Å². The number of piperidine rings is 1. The fourth-order valence-corrected chi connectivity index (χ4v) is 5.97. The summed E-state index contributed by atoms with van der Waals surface area (Å²) in [5, 5.41) is 4.78. The summed E-state index contributed by atoms with van der Waals surface area (Å²) < 4.78 is 33.2. The molecule has 30 heavy (non-hydrogen) atoms. The molecule has 1 fully saturated rings. The second kappa shape index (κ2) is 7.80. The first kappa shape index (κ1) is 19.7. The lowest BCUT2D eigenvalue weighted by Gasteiger charge is -2.29. The highest BCUT2D eigenvalue weighted by Crippen LogP contribution is 2.32. The predicted octanol–water partition coefficient (Wildman–Crippen LogP) is 4.45. The zero-order valence-corrected chi connectivity index (χ0v) is 18.0. The monoisotopic (exact) mass is 443 g/mol. The minimum absolute atomic E-state index is 0.0845. The molecule has 0 amide bonds. The third-order valence-electron chi connectivity index (χ3n) is 6.06. The molecule has 1 aromatic heterocycles. The van der Waals surface area contributed by atoms with Gasteiger partial charge in [0.05, 0.1) is 4.90 Å². The summed E-state index contributed by atoms with van der Waals surface area (Å²) in [6, 6.07) is 12.8. The van der Waals surface area contributed by atoms with Crippen LogP contribution in [0.25, 0.3) is 11.5 Å². The van der Waals surface area contributed by atoms with E-state index in [1.807, 2.05) is 24.3 Å². The van der Waals surface area contributed by atoms with Crippen LogP contribution in [0.3, 0.4) is 0 Å². The smallest absolute Gasteiger partial charge is 0.257 e. The third kappa shape index (κ3) is 3.66. The van der Waals surface area contributed by atoms with Gasteiger partial charge in [-0.2, -0.15) is 9.29 Å². The van der Waals surface area contributed by atoms with E-state index in [0.29, 0.717) is 47.6 Å². The highest BCUT2D eigenvalue weighted by Gasteiger charge is 2.32. The summed E-state index contributed by atoms with van der Waals surface area (Å²) in [6.07, 6.45) is 4.46. The molecule has 1 aliphatic heterocycles. The molecule has 0 unspecified atom stereocenters. The summed E-state index contributed by atoms with van der Waals surface area (Å²) in [7, 11) is -3.47. The van der Waals surface area contributed by atoms with E-state index in [0.717, 1.165) is 24.8 Å². The van der Waals surface area contributed by atoms with E-state index in [1.165, 1.54) is 11.1 Å². The van der Waals surface area contributed by atoms with Gasteiger partial charge in [-0.05, 0) is 79.6 Å². The van der Waals surface area contributed by atoms with E-state index in [2.05, 4.69) is 10.1 Å². The van der Waals surface area contributed by atoms with Crippen molar-refractivity contribution in [1.29, 1.82) is 0 Å². The summed E-state index contributed by atoms with van der Waals surface area (Å²) in [5.74, 6) is 1.17. The normalized spacial score (nSPS) is 17.9. The Bertz CT molecular complexity index is 1170. The van der Waals surface area contributed by atoms with Crippen molar-refractivity contribution in [3.05, 3.63) is 64.4 Å². The molecule has 0 saturated carbocycles. The van der Waals surface area contributed by atoms with E-state index in [4.69, 9.17) is 16.1 Å². The van der Waals surface area contributed by atoms with E-state index in [-0.39, 0.29) is 5.92 Å². The van der Waals surface area contributed by atoms with Gasteiger partial charge in [0.1, 0.15) is 0 Å². The zero-order chi connectivity index (χ0) is 20.7. The van der Waals surface area contributed by atoms with Crippen LogP contribution in [-0.4, -0.2) is 36.0 Å². The van der Waals surface area contributed by atoms with Crippen LogP contribution in [-0.2, 0) is 22.9 Å². The summed E-state index contributed by atoms with van der Waals surface area (Å²) in [5.41, 5.74) is 3.27. The zero-order valence-electron chi connectivity index (χ0n) is 16.4. The Morgan fingerprint density at radius 3 is 2.50 bits per heavy atom. The lowest BCUT2D eigenvalue weighted by atomic mass is 9.97. The van der Waals surface area contributed by atoms with Gasteiger partial charge in [-0.15, -0.1) is 0 Å². The predicted molar refractivity (Wildman–Crippen MR) is 114 cm³/mol. The topological polar surface area (TPSA) is 76.3 Å². The van der Waals surface area contributed by atoms with Crippen molar-refractivity contribution in [2.45, 2.75) is 42.9 Å². The number of nitrogens with zero attached hydrogens (tertiary/aromatic N) is 3. The molecule has 0 bridgehead atoms. The molecule has 2 heterocycles. The Morgan fingerprint density at radius 1 is 1.00 bits per heavy atom. The maximum Gasteiger partial charge on any atom is 0.257 e. The number of halogens is 1. The number of aryl methyl sites for hydroxylation is 2. The summed E-state index contributed by atoms with van der Waals surface area (Å²) in [4.78, 5) is 4.94. The Labute approximate surface area is 180 Å². The largest absolute Gasteiger partial charge is 0.334 e. The van der Waals surface area contributed by atoms with E-state index in [9.17, 15) is 8.42 Å². The van der Waals surface area contributed by atoms with Crippen molar-refractivity contribution in [1.82, 2.24) is 14.4 Å². The first-order valence-electron chi connectivity index (χ1n) is 10.2. The molecule has 0 spiro atoms. The fourth-order valence-electron chi connectivity index (χ4n) is 4.32. The highest BCUT2D eigenvalue weighted by atomic mass is 35.5. The molecule has 8 heteroatoms. The molecule has 2 aromatic carbocycles. The molecule has 1 saturated heterocycles. The van der Waals surface area contributed by atoms with Gasteiger partial charge in [-0.3, -0.25) is 0 Å². The number of hydrogen-bond acceptors (Lipinski definition) is 5. The SMILES string of the molecule is O=S(=O)(c1ccc2c(c1)CCC2)N1CCC(c2noc(-c3ccc(Cl)cc3)n2)CC1. The molecular formula is C22H22ClN3O3S. The van der Waals surface area contributed by atoms with E-state index >= 15 is 0 Å². The van der Waals surface area contributed by atoms with Gasteiger partial charge in [0.25, 0.3) is 5.89 Å². The van der Waals surface area contributed by atoms with Crippen LogP contribution in [0.4, 0.5) is 0 Å². The van der Waals surface area contributed by atoms with Gasteiger partial charge in [-0.25, -0.2) is 8.42 Å². The van der Waals surface area contributed by atoms with E-state index in [1.54, 1.807) is 22.5 Å².